The molecule has 1 atom stereocenters. The summed E-state index contributed by atoms with van der Waals surface area (Å²) in [6.45, 7) is 0.662. The van der Waals surface area contributed by atoms with Crippen molar-refractivity contribution in [1.29, 1.82) is 0 Å². The van der Waals surface area contributed by atoms with Gasteiger partial charge in [-0.2, -0.15) is 0 Å². The van der Waals surface area contributed by atoms with Gasteiger partial charge in [0.1, 0.15) is 11.6 Å². The molecule has 94 valence electrons. The molecular formula is C14H15FN2O. The summed E-state index contributed by atoms with van der Waals surface area (Å²) in [5.74, 6) is 1.41. The van der Waals surface area contributed by atoms with Crippen LogP contribution in [0.4, 0.5) is 4.39 Å². The highest BCUT2D eigenvalue weighted by Crippen LogP contribution is 2.30. The van der Waals surface area contributed by atoms with Crippen LogP contribution in [0.3, 0.4) is 0 Å². The molecule has 2 N–H and O–H groups in total. The Hall–Kier alpha value is -1.68. The third kappa shape index (κ3) is 1.93. The Bertz CT molecular complexity index is 565. The fraction of sp³-hybridized carbons (Fsp3) is 0.357. The van der Waals surface area contributed by atoms with E-state index in [0.717, 1.165) is 30.7 Å². The summed E-state index contributed by atoms with van der Waals surface area (Å²) in [6.07, 6.45) is 2.72. The minimum absolute atomic E-state index is 0.300. The lowest BCUT2D eigenvalue weighted by atomic mass is 9.91. The van der Waals surface area contributed by atoms with Gasteiger partial charge in [0.15, 0.2) is 0 Å². The maximum Gasteiger partial charge on any atom is 0.229 e. The molecule has 4 heteroatoms. The molecule has 0 saturated heterocycles. The molecule has 0 fully saturated rings. The van der Waals surface area contributed by atoms with E-state index in [-0.39, 0.29) is 5.82 Å². The van der Waals surface area contributed by atoms with E-state index in [9.17, 15) is 4.39 Å². The number of oxazole rings is 1. The standard InChI is InChI=1S/C14H15FN2O/c15-11-4-2-1-3-10(11)14-17-12-6-5-9(8-16)7-13(12)18-14/h1-4,9H,5-8,16H2. The highest BCUT2D eigenvalue weighted by Gasteiger charge is 2.24. The number of halogens is 1. The number of hydrogen-bond acceptors (Lipinski definition) is 3. The third-order valence-corrected chi connectivity index (χ3v) is 3.48. The number of benzene rings is 1. The number of aryl methyl sites for hydroxylation is 1. The highest BCUT2D eigenvalue weighted by atomic mass is 19.1. The first-order valence-electron chi connectivity index (χ1n) is 6.21. The summed E-state index contributed by atoms with van der Waals surface area (Å²) in [7, 11) is 0. The van der Waals surface area contributed by atoms with Gasteiger partial charge in [-0.05, 0) is 37.4 Å². The Morgan fingerprint density at radius 1 is 1.39 bits per heavy atom. The van der Waals surface area contributed by atoms with Crippen LogP contribution in [0.2, 0.25) is 0 Å². The lowest BCUT2D eigenvalue weighted by molar-refractivity contribution is 0.401. The van der Waals surface area contributed by atoms with Crippen LogP contribution in [-0.4, -0.2) is 11.5 Å². The van der Waals surface area contributed by atoms with Crippen LogP contribution in [0.25, 0.3) is 11.5 Å². The SMILES string of the molecule is NCC1CCc2nc(-c3ccccc3F)oc2C1. The highest BCUT2D eigenvalue weighted by molar-refractivity contribution is 5.54. The molecule has 0 radical (unpaired) electrons. The average Bonchev–Trinajstić information content (AvgIpc) is 2.81. The summed E-state index contributed by atoms with van der Waals surface area (Å²) in [5.41, 5.74) is 7.06. The van der Waals surface area contributed by atoms with E-state index < -0.39 is 0 Å². The van der Waals surface area contributed by atoms with E-state index in [2.05, 4.69) is 4.98 Å². The van der Waals surface area contributed by atoms with Crippen molar-refractivity contribution < 1.29 is 8.81 Å². The molecule has 0 bridgehead atoms. The first-order chi connectivity index (χ1) is 8.78. The van der Waals surface area contributed by atoms with Crippen LogP contribution in [0.5, 0.6) is 0 Å². The van der Waals surface area contributed by atoms with Crippen molar-refractivity contribution in [2.24, 2.45) is 11.7 Å². The second-order valence-corrected chi connectivity index (χ2v) is 4.71. The zero-order chi connectivity index (χ0) is 12.5. The molecule has 0 saturated carbocycles. The molecule has 0 aliphatic heterocycles. The molecule has 1 aromatic heterocycles. The molecule has 1 aromatic carbocycles. The van der Waals surface area contributed by atoms with Gasteiger partial charge in [-0.1, -0.05) is 12.1 Å². The number of fused-ring (bicyclic) bond motifs is 1. The minimum Gasteiger partial charge on any atom is -0.441 e. The van der Waals surface area contributed by atoms with Crippen LogP contribution in [0, 0.1) is 11.7 Å². The zero-order valence-corrected chi connectivity index (χ0v) is 10.0. The minimum atomic E-state index is -0.300. The Morgan fingerprint density at radius 3 is 3.00 bits per heavy atom. The van der Waals surface area contributed by atoms with E-state index in [1.165, 1.54) is 6.07 Å². The Morgan fingerprint density at radius 2 is 2.22 bits per heavy atom. The molecule has 0 amide bonds. The average molecular weight is 246 g/mol. The number of nitrogens with two attached hydrogens (primary N) is 1. The van der Waals surface area contributed by atoms with Gasteiger partial charge in [-0.3, -0.25) is 0 Å². The molecule has 3 rings (SSSR count). The lowest BCUT2D eigenvalue weighted by Gasteiger charge is -2.17. The summed E-state index contributed by atoms with van der Waals surface area (Å²) < 4.78 is 19.4. The molecule has 1 aliphatic carbocycles. The van der Waals surface area contributed by atoms with Gasteiger partial charge in [0.05, 0.1) is 11.3 Å². The summed E-state index contributed by atoms with van der Waals surface area (Å²) in [6, 6.07) is 6.55. The first kappa shape index (κ1) is 11.4. The molecule has 1 unspecified atom stereocenters. The smallest absolute Gasteiger partial charge is 0.229 e. The fourth-order valence-corrected chi connectivity index (χ4v) is 2.39. The van der Waals surface area contributed by atoms with Crippen LogP contribution in [-0.2, 0) is 12.8 Å². The molecule has 18 heavy (non-hydrogen) atoms. The molecule has 3 nitrogen and oxygen atoms in total. The maximum atomic E-state index is 13.7. The van der Waals surface area contributed by atoms with Crippen molar-refractivity contribution in [3.8, 4) is 11.5 Å². The lowest BCUT2D eigenvalue weighted by Crippen LogP contribution is -2.21. The monoisotopic (exact) mass is 246 g/mol. The normalized spacial score (nSPS) is 18.7. The second kappa shape index (κ2) is 4.53. The van der Waals surface area contributed by atoms with E-state index >= 15 is 0 Å². The Kier molecular flexibility index (Phi) is 2.88. The van der Waals surface area contributed by atoms with E-state index in [0.29, 0.717) is 23.9 Å². The van der Waals surface area contributed by atoms with E-state index in [1.54, 1.807) is 18.2 Å². The maximum absolute atomic E-state index is 13.7. The zero-order valence-electron chi connectivity index (χ0n) is 10.0. The van der Waals surface area contributed by atoms with Crippen LogP contribution < -0.4 is 5.73 Å². The van der Waals surface area contributed by atoms with Gasteiger partial charge >= 0.3 is 0 Å². The molecular weight excluding hydrogens is 231 g/mol. The van der Waals surface area contributed by atoms with Crippen molar-refractivity contribution in [2.45, 2.75) is 19.3 Å². The predicted octanol–water partition coefficient (Wildman–Crippen LogP) is 2.54. The predicted molar refractivity (Wildman–Crippen MR) is 66.5 cm³/mol. The second-order valence-electron chi connectivity index (χ2n) is 4.71. The van der Waals surface area contributed by atoms with Crippen molar-refractivity contribution in [3.63, 3.8) is 0 Å². The summed E-state index contributed by atoms with van der Waals surface area (Å²) >= 11 is 0. The van der Waals surface area contributed by atoms with Gasteiger partial charge in [0, 0.05) is 6.42 Å². The Balaban J connectivity index is 1.97. The molecule has 1 aliphatic rings. The number of rotatable bonds is 2. The van der Waals surface area contributed by atoms with Gasteiger partial charge in [0.2, 0.25) is 5.89 Å². The van der Waals surface area contributed by atoms with Gasteiger partial charge in [-0.15, -0.1) is 0 Å². The van der Waals surface area contributed by atoms with Crippen molar-refractivity contribution >= 4 is 0 Å². The van der Waals surface area contributed by atoms with Gasteiger partial charge in [0.25, 0.3) is 0 Å². The molecule has 1 heterocycles. The Labute approximate surface area is 105 Å². The number of hydrogen-bond donors (Lipinski definition) is 1. The quantitative estimate of drug-likeness (QED) is 0.886. The topological polar surface area (TPSA) is 52.0 Å². The van der Waals surface area contributed by atoms with Crippen LogP contribution >= 0.6 is 0 Å². The number of aromatic nitrogens is 1. The van der Waals surface area contributed by atoms with Crippen molar-refractivity contribution in [3.05, 3.63) is 41.5 Å². The summed E-state index contributed by atoms with van der Waals surface area (Å²) in [5, 5.41) is 0. The van der Waals surface area contributed by atoms with Crippen molar-refractivity contribution in [2.75, 3.05) is 6.54 Å². The summed E-state index contributed by atoms with van der Waals surface area (Å²) in [4.78, 5) is 4.40. The van der Waals surface area contributed by atoms with E-state index in [1.807, 2.05) is 0 Å². The van der Waals surface area contributed by atoms with Crippen LogP contribution in [0.15, 0.2) is 28.7 Å². The molecule has 2 aromatic rings. The molecule has 0 spiro atoms. The number of nitrogens with zero attached hydrogens (tertiary/aromatic N) is 1. The largest absolute Gasteiger partial charge is 0.441 e. The third-order valence-electron chi connectivity index (χ3n) is 3.48. The van der Waals surface area contributed by atoms with Crippen molar-refractivity contribution in [1.82, 2.24) is 4.98 Å². The van der Waals surface area contributed by atoms with E-state index in [4.69, 9.17) is 10.2 Å². The van der Waals surface area contributed by atoms with Crippen LogP contribution in [0.1, 0.15) is 17.9 Å². The first-order valence-corrected chi connectivity index (χ1v) is 6.21. The van der Waals surface area contributed by atoms with Gasteiger partial charge < -0.3 is 10.2 Å². The van der Waals surface area contributed by atoms with Gasteiger partial charge in [-0.25, -0.2) is 9.37 Å². The fourth-order valence-electron chi connectivity index (χ4n) is 2.39.